The summed E-state index contributed by atoms with van der Waals surface area (Å²) in [5, 5.41) is 22.0. The molecule has 194 valence electrons. The number of aliphatic hydroxyl groups excluding tert-OH is 1. The molecule has 0 bridgehead atoms. The molecule has 0 spiro atoms. The molecule has 2 aromatic carbocycles. The monoisotopic (exact) mass is 520 g/mol. The SMILES string of the molecule is COc1ccc2nccc([C@@H](O)CCC3CCN(CC#Cc4cccc(Cl)c4)CC3CCC(=O)O)c2c1. The molecule has 1 aliphatic heterocycles. The average Bonchev–Trinajstić information content (AvgIpc) is 2.90. The van der Waals surface area contributed by atoms with Gasteiger partial charge in [-0.3, -0.25) is 14.7 Å². The summed E-state index contributed by atoms with van der Waals surface area (Å²) in [6.07, 6.45) is 4.29. The molecule has 37 heavy (non-hydrogen) atoms. The predicted molar refractivity (Wildman–Crippen MR) is 146 cm³/mol. The molecule has 0 aliphatic carbocycles. The fourth-order valence-corrected chi connectivity index (χ4v) is 5.42. The van der Waals surface area contributed by atoms with E-state index >= 15 is 0 Å². The zero-order valence-corrected chi connectivity index (χ0v) is 21.8. The lowest BCUT2D eigenvalue weighted by atomic mass is 9.79. The molecule has 1 fully saturated rings. The molecule has 0 amide bonds. The van der Waals surface area contributed by atoms with Gasteiger partial charge in [0.1, 0.15) is 5.75 Å². The Morgan fingerprint density at radius 2 is 2.08 bits per heavy atom. The number of hydrogen-bond donors (Lipinski definition) is 2. The summed E-state index contributed by atoms with van der Waals surface area (Å²) in [6, 6.07) is 15.1. The highest BCUT2D eigenvalue weighted by Crippen LogP contribution is 2.35. The molecule has 3 aromatic rings. The van der Waals surface area contributed by atoms with Crippen molar-refractivity contribution in [1.29, 1.82) is 0 Å². The minimum absolute atomic E-state index is 0.153. The Balaban J connectivity index is 1.39. The highest BCUT2D eigenvalue weighted by molar-refractivity contribution is 6.30. The number of hydrogen-bond acceptors (Lipinski definition) is 5. The van der Waals surface area contributed by atoms with Crippen molar-refractivity contribution >= 4 is 28.5 Å². The van der Waals surface area contributed by atoms with Crippen molar-refractivity contribution in [3.63, 3.8) is 0 Å². The average molecular weight is 521 g/mol. The van der Waals surface area contributed by atoms with Gasteiger partial charge in [0.15, 0.2) is 0 Å². The van der Waals surface area contributed by atoms with E-state index in [2.05, 4.69) is 21.7 Å². The number of methoxy groups -OCH3 is 1. The van der Waals surface area contributed by atoms with Crippen LogP contribution in [0.1, 0.15) is 49.3 Å². The van der Waals surface area contributed by atoms with Crippen molar-refractivity contribution in [1.82, 2.24) is 9.88 Å². The number of aliphatic hydroxyl groups is 1. The Morgan fingerprint density at radius 1 is 1.22 bits per heavy atom. The maximum Gasteiger partial charge on any atom is 0.303 e. The Kier molecular flexibility index (Phi) is 9.40. The van der Waals surface area contributed by atoms with Crippen LogP contribution < -0.4 is 4.74 Å². The Hall–Kier alpha value is -3.11. The van der Waals surface area contributed by atoms with Gasteiger partial charge in [-0.1, -0.05) is 29.5 Å². The zero-order chi connectivity index (χ0) is 26.2. The molecule has 6 nitrogen and oxygen atoms in total. The maximum atomic E-state index is 11.3. The van der Waals surface area contributed by atoms with Crippen LogP contribution in [0.15, 0.2) is 54.7 Å². The summed E-state index contributed by atoms with van der Waals surface area (Å²) in [7, 11) is 1.63. The zero-order valence-electron chi connectivity index (χ0n) is 21.1. The van der Waals surface area contributed by atoms with E-state index in [1.165, 1.54) is 0 Å². The van der Waals surface area contributed by atoms with Gasteiger partial charge in [-0.2, -0.15) is 0 Å². The van der Waals surface area contributed by atoms with E-state index in [1.807, 2.05) is 48.5 Å². The first-order valence-corrected chi connectivity index (χ1v) is 13.1. The molecular formula is C30H33ClN2O4. The fourth-order valence-electron chi connectivity index (χ4n) is 5.23. The largest absolute Gasteiger partial charge is 0.497 e. The third-order valence-electron chi connectivity index (χ3n) is 7.22. The second kappa shape index (κ2) is 12.9. The molecule has 2 unspecified atom stereocenters. The first-order chi connectivity index (χ1) is 17.9. The quantitative estimate of drug-likeness (QED) is 0.359. The van der Waals surface area contributed by atoms with E-state index in [0.29, 0.717) is 30.3 Å². The van der Waals surface area contributed by atoms with Gasteiger partial charge >= 0.3 is 5.97 Å². The van der Waals surface area contributed by atoms with E-state index in [4.69, 9.17) is 16.3 Å². The molecular weight excluding hydrogens is 488 g/mol. The van der Waals surface area contributed by atoms with Crippen LogP contribution in [0, 0.1) is 23.7 Å². The van der Waals surface area contributed by atoms with Gasteiger partial charge in [-0.15, -0.1) is 0 Å². The molecule has 0 saturated carbocycles. The summed E-state index contributed by atoms with van der Waals surface area (Å²) >= 11 is 6.05. The van der Waals surface area contributed by atoms with Crippen LogP contribution in [0.2, 0.25) is 5.02 Å². The molecule has 3 atom stereocenters. The number of pyridine rings is 1. The van der Waals surface area contributed by atoms with Gasteiger partial charge in [0, 0.05) is 35.1 Å². The molecule has 4 rings (SSSR count). The number of aliphatic carboxylic acids is 1. The normalized spacial score (nSPS) is 18.7. The number of fused-ring (bicyclic) bond motifs is 1. The standard InChI is InChI=1S/C30H33ClN2O4/c1-37-25-9-10-28-27(19-25)26(13-15-32-28)29(34)11-7-22-14-17-33(20-23(22)8-12-30(35)36)16-3-5-21-4-2-6-24(31)18-21/h2,4,6,9-10,13,15,18-19,22-23,29,34H,7-8,11-12,14,16-17,20H2,1H3,(H,35,36)/t22?,23?,29-/m0/s1. The van der Waals surface area contributed by atoms with Crippen LogP contribution >= 0.6 is 11.6 Å². The minimum Gasteiger partial charge on any atom is -0.497 e. The maximum absolute atomic E-state index is 11.3. The smallest absolute Gasteiger partial charge is 0.303 e. The number of likely N-dealkylation sites (tertiary alicyclic amines) is 1. The highest BCUT2D eigenvalue weighted by atomic mass is 35.5. The number of carbonyl (C=O) groups is 1. The van der Waals surface area contributed by atoms with E-state index in [-0.39, 0.29) is 12.3 Å². The fraction of sp³-hybridized carbons (Fsp3) is 0.400. The number of aromatic nitrogens is 1. The number of nitrogens with zero attached hydrogens (tertiary/aromatic N) is 2. The summed E-state index contributed by atoms with van der Waals surface area (Å²) in [5.41, 5.74) is 2.56. The van der Waals surface area contributed by atoms with Gasteiger partial charge < -0.3 is 14.9 Å². The third-order valence-corrected chi connectivity index (χ3v) is 7.45. The third kappa shape index (κ3) is 7.45. The Morgan fingerprint density at radius 3 is 2.86 bits per heavy atom. The van der Waals surface area contributed by atoms with Crippen molar-refractivity contribution in [3.05, 3.63) is 70.9 Å². The van der Waals surface area contributed by atoms with Crippen LogP contribution in [-0.4, -0.2) is 52.8 Å². The van der Waals surface area contributed by atoms with Crippen LogP contribution in [-0.2, 0) is 4.79 Å². The van der Waals surface area contributed by atoms with E-state index in [1.54, 1.807) is 13.3 Å². The number of ether oxygens (including phenoxy) is 1. The van der Waals surface area contributed by atoms with E-state index in [0.717, 1.165) is 53.7 Å². The number of rotatable bonds is 9. The Labute approximate surface area is 223 Å². The summed E-state index contributed by atoms with van der Waals surface area (Å²) in [6.45, 7) is 2.36. The highest BCUT2D eigenvalue weighted by Gasteiger charge is 2.30. The van der Waals surface area contributed by atoms with Gasteiger partial charge in [0.05, 0.1) is 25.3 Å². The lowest BCUT2D eigenvalue weighted by Crippen LogP contribution is -2.41. The predicted octanol–water partition coefficient (Wildman–Crippen LogP) is 5.57. The number of piperidine rings is 1. The molecule has 2 N–H and O–H groups in total. The molecule has 0 radical (unpaired) electrons. The van der Waals surface area contributed by atoms with Crippen LogP contribution in [0.4, 0.5) is 0 Å². The van der Waals surface area contributed by atoms with Crippen molar-refractivity contribution < 1.29 is 19.7 Å². The van der Waals surface area contributed by atoms with Crippen molar-refractivity contribution in [3.8, 4) is 17.6 Å². The van der Waals surface area contributed by atoms with Gasteiger partial charge in [0.25, 0.3) is 0 Å². The lowest BCUT2D eigenvalue weighted by Gasteiger charge is -2.38. The van der Waals surface area contributed by atoms with Crippen molar-refractivity contribution in [2.45, 2.75) is 38.2 Å². The second-order valence-corrected chi connectivity index (χ2v) is 10.1. The van der Waals surface area contributed by atoms with Crippen LogP contribution in [0.5, 0.6) is 5.75 Å². The van der Waals surface area contributed by atoms with E-state index < -0.39 is 12.1 Å². The van der Waals surface area contributed by atoms with Crippen molar-refractivity contribution in [2.24, 2.45) is 11.8 Å². The number of halogens is 1. The molecule has 1 aliphatic rings. The molecule has 2 heterocycles. The first-order valence-electron chi connectivity index (χ1n) is 12.7. The summed E-state index contributed by atoms with van der Waals surface area (Å²) in [5.74, 6) is 6.98. The van der Waals surface area contributed by atoms with Crippen molar-refractivity contribution in [2.75, 3.05) is 26.7 Å². The van der Waals surface area contributed by atoms with Crippen LogP contribution in [0.3, 0.4) is 0 Å². The molecule has 7 heteroatoms. The topological polar surface area (TPSA) is 82.9 Å². The summed E-state index contributed by atoms with van der Waals surface area (Å²) < 4.78 is 5.36. The minimum atomic E-state index is -0.770. The first kappa shape index (κ1) is 26.9. The number of benzene rings is 2. The Bertz CT molecular complexity index is 1290. The number of carboxylic acid groups (broad SMARTS) is 1. The lowest BCUT2D eigenvalue weighted by molar-refractivity contribution is -0.137. The number of carboxylic acids is 1. The molecule has 1 aromatic heterocycles. The summed E-state index contributed by atoms with van der Waals surface area (Å²) in [4.78, 5) is 18.0. The van der Waals surface area contributed by atoms with Gasteiger partial charge in [-0.05, 0) is 92.1 Å². The van der Waals surface area contributed by atoms with E-state index in [9.17, 15) is 15.0 Å². The van der Waals surface area contributed by atoms with Gasteiger partial charge in [-0.25, -0.2) is 0 Å². The molecule has 1 saturated heterocycles. The van der Waals surface area contributed by atoms with Gasteiger partial charge in [0.2, 0.25) is 0 Å². The van der Waals surface area contributed by atoms with Crippen LogP contribution in [0.25, 0.3) is 10.9 Å². The second-order valence-electron chi connectivity index (χ2n) is 9.66.